The third-order valence-electron chi connectivity index (χ3n) is 6.85. The number of hydrogen-bond acceptors (Lipinski definition) is 4. The maximum Gasteiger partial charge on any atom is 0.0475 e. The van der Waals surface area contributed by atoms with E-state index in [1.165, 1.54) is 70.5 Å². The van der Waals surface area contributed by atoms with Crippen LogP contribution in [0, 0.1) is 11.8 Å². The zero-order valence-electron chi connectivity index (χ0n) is 16.1. The number of aliphatic hydroxyl groups is 1. The van der Waals surface area contributed by atoms with Crippen LogP contribution >= 0.6 is 0 Å². The molecule has 1 aromatic carbocycles. The molecule has 3 fully saturated rings. The summed E-state index contributed by atoms with van der Waals surface area (Å²) in [5.74, 6) is 1.15. The summed E-state index contributed by atoms with van der Waals surface area (Å²) in [5, 5.41) is 9.88. The van der Waals surface area contributed by atoms with E-state index in [1.54, 1.807) is 0 Å². The van der Waals surface area contributed by atoms with E-state index in [0.717, 1.165) is 19.1 Å². The van der Waals surface area contributed by atoms with Gasteiger partial charge >= 0.3 is 0 Å². The Kier molecular flexibility index (Phi) is 6.26. The van der Waals surface area contributed by atoms with E-state index in [9.17, 15) is 5.11 Å². The summed E-state index contributed by atoms with van der Waals surface area (Å²) >= 11 is 0. The lowest BCUT2D eigenvalue weighted by Gasteiger charge is -2.37. The number of rotatable bonds is 6. The van der Waals surface area contributed by atoms with Gasteiger partial charge in [0.15, 0.2) is 0 Å². The van der Waals surface area contributed by atoms with Crippen LogP contribution in [0.3, 0.4) is 0 Å². The van der Waals surface area contributed by atoms with Crippen molar-refractivity contribution in [3.63, 3.8) is 0 Å². The maximum atomic E-state index is 9.88. The van der Waals surface area contributed by atoms with Gasteiger partial charge in [0.05, 0.1) is 0 Å². The number of piperidine rings is 1. The number of aliphatic hydroxyl groups excluding tert-OH is 1. The van der Waals surface area contributed by atoms with E-state index in [0.29, 0.717) is 18.4 Å². The Morgan fingerprint density at radius 3 is 2.23 bits per heavy atom. The van der Waals surface area contributed by atoms with Crippen LogP contribution in [0.25, 0.3) is 0 Å². The first-order valence-corrected chi connectivity index (χ1v) is 10.7. The highest BCUT2D eigenvalue weighted by atomic mass is 16.3. The summed E-state index contributed by atoms with van der Waals surface area (Å²) in [5.41, 5.74) is 1.43. The number of hydrogen-bond donors (Lipinski definition) is 1. The van der Waals surface area contributed by atoms with Crippen molar-refractivity contribution in [2.45, 2.75) is 38.3 Å². The molecule has 3 aliphatic heterocycles. The maximum absolute atomic E-state index is 9.88. The molecule has 2 atom stereocenters. The fourth-order valence-electron chi connectivity index (χ4n) is 5.27. The summed E-state index contributed by atoms with van der Waals surface area (Å²) in [6, 6.07) is 11.6. The average molecular weight is 358 g/mol. The molecule has 0 spiro atoms. The molecule has 4 nitrogen and oxygen atoms in total. The molecule has 4 rings (SSSR count). The van der Waals surface area contributed by atoms with Gasteiger partial charge in [0, 0.05) is 38.8 Å². The molecule has 3 heterocycles. The highest BCUT2D eigenvalue weighted by Crippen LogP contribution is 2.30. The second kappa shape index (κ2) is 8.83. The van der Waals surface area contributed by atoms with Crippen molar-refractivity contribution in [3.8, 4) is 0 Å². The first-order chi connectivity index (χ1) is 12.8. The minimum absolute atomic E-state index is 0.363. The van der Waals surface area contributed by atoms with Crippen LogP contribution < -0.4 is 0 Å². The molecule has 26 heavy (non-hydrogen) atoms. The molecule has 1 aromatic rings. The predicted molar refractivity (Wildman–Crippen MR) is 106 cm³/mol. The van der Waals surface area contributed by atoms with Crippen LogP contribution in [0.15, 0.2) is 30.3 Å². The summed E-state index contributed by atoms with van der Waals surface area (Å²) in [7, 11) is 0. The zero-order chi connectivity index (χ0) is 17.8. The van der Waals surface area contributed by atoms with Crippen LogP contribution in [0.4, 0.5) is 0 Å². The van der Waals surface area contributed by atoms with E-state index >= 15 is 0 Å². The summed E-state index contributed by atoms with van der Waals surface area (Å²) in [4.78, 5) is 7.94. The standard InChI is InChI=1S/C22H35N3O/c26-18-21-17-25(16-20(21)15-23-10-4-5-11-23)22-8-12-24(13-9-22)14-19-6-2-1-3-7-19/h1-3,6-7,20-22,26H,4-5,8-18H2/t20-,21-/m1/s1. The second-order valence-corrected chi connectivity index (χ2v) is 8.66. The molecule has 3 aliphatic rings. The first kappa shape index (κ1) is 18.4. The quantitative estimate of drug-likeness (QED) is 0.846. The van der Waals surface area contributed by atoms with Crippen molar-refractivity contribution < 1.29 is 5.11 Å². The summed E-state index contributed by atoms with van der Waals surface area (Å²) < 4.78 is 0. The van der Waals surface area contributed by atoms with Gasteiger partial charge in [0.25, 0.3) is 0 Å². The van der Waals surface area contributed by atoms with Gasteiger partial charge in [0.2, 0.25) is 0 Å². The van der Waals surface area contributed by atoms with Gasteiger partial charge in [-0.1, -0.05) is 30.3 Å². The Labute approximate surface area is 158 Å². The van der Waals surface area contributed by atoms with E-state index in [4.69, 9.17) is 0 Å². The highest BCUT2D eigenvalue weighted by molar-refractivity contribution is 5.14. The lowest BCUT2D eigenvalue weighted by molar-refractivity contribution is 0.115. The largest absolute Gasteiger partial charge is 0.396 e. The second-order valence-electron chi connectivity index (χ2n) is 8.66. The zero-order valence-corrected chi connectivity index (χ0v) is 16.1. The minimum Gasteiger partial charge on any atom is -0.396 e. The number of likely N-dealkylation sites (tertiary alicyclic amines) is 3. The van der Waals surface area contributed by atoms with E-state index < -0.39 is 0 Å². The van der Waals surface area contributed by atoms with Crippen molar-refractivity contribution in [1.82, 2.24) is 14.7 Å². The molecule has 3 saturated heterocycles. The average Bonchev–Trinajstić information content (AvgIpc) is 3.33. The van der Waals surface area contributed by atoms with Gasteiger partial charge in [-0.15, -0.1) is 0 Å². The fourth-order valence-corrected chi connectivity index (χ4v) is 5.27. The molecule has 0 bridgehead atoms. The van der Waals surface area contributed by atoms with Gasteiger partial charge < -0.3 is 10.0 Å². The lowest BCUT2D eigenvalue weighted by Crippen LogP contribution is -2.44. The van der Waals surface area contributed by atoms with Crippen LogP contribution in [0.1, 0.15) is 31.2 Å². The van der Waals surface area contributed by atoms with E-state index in [2.05, 4.69) is 45.0 Å². The van der Waals surface area contributed by atoms with Crippen molar-refractivity contribution in [2.24, 2.45) is 11.8 Å². The molecule has 0 saturated carbocycles. The van der Waals surface area contributed by atoms with Gasteiger partial charge in [-0.2, -0.15) is 0 Å². The first-order valence-electron chi connectivity index (χ1n) is 10.7. The Bertz CT molecular complexity index is 538. The van der Waals surface area contributed by atoms with Crippen molar-refractivity contribution in [1.29, 1.82) is 0 Å². The topological polar surface area (TPSA) is 30.0 Å². The number of nitrogens with zero attached hydrogens (tertiary/aromatic N) is 3. The van der Waals surface area contributed by atoms with Gasteiger partial charge in [-0.25, -0.2) is 0 Å². The molecule has 0 aliphatic carbocycles. The molecular formula is C22H35N3O. The SMILES string of the molecule is OC[C@H]1CN(C2CCN(Cc3ccccc3)CC2)C[C@H]1CN1CCCC1. The van der Waals surface area contributed by atoms with Crippen LogP contribution in [0.2, 0.25) is 0 Å². The molecule has 0 radical (unpaired) electrons. The normalized spacial score (nSPS) is 29.6. The molecule has 1 N–H and O–H groups in total. The smallest absolute Gasteiger partial charge is 0.0475 e. The van der Waals surface area contributed by atoms with Gasteiger partial charge in [-0.05, 0) is 69.3 Å². The Balaban J connectivity index is 1.26. The molecule has 0 amide bonds. The van der Waals surface area contributed by atoms with Crippen molar-refractivity contribution in [3.05, 3.63) is 35.9 Å². The molecule has 0 aromatic heterocycles. The Morgan fingerprint density at radius 2 is 1.54 bits per heavy atom. The fraction of sp³-hybridized carbons (Fsp3) is 0.727. The molecule has 0 unspecified atom stereocenters. The van der Waals surface area contributed by atoms with Crippen LogP contribution in [0.5, 0.6) is 0 Å². The highest BCUT2D eigenvalue weighted by Gasteiger charge is 2.37. The lowest BCUT2D eigenvalue weighted by atomic mass is 9.96. The third kappa shape index (κ3) is 4.48. The van der Waals surface area contributed by atoms with Crippen molar-refractivity contribution >= 4 is 0 Å². The van der Waals surface area contributed by atoms with Gasteiger partial charge in [-0.3, -0.25) is 9.80 Å². The van der Waals surface area contributed by atoms with Crippen LogP contribution in [-0.2, 0) is 6.54 Å². The van der Waals surface area contributed by atoms with E-state index in [-0.39, 0.29) is 0 Å². The third-order valence-corrected chi connectivity index (χ3v) is 6.85. The molecule has 144 valence electrons. The molecular weight excluding hydrogens is 322 g/mol. The van der Waals surface area contributed by atoms with Crippen LogP contribution in [-0.4, -0.2) is 78.3 Å². The monoisotopic (exact) mass is 357 g/mol. The van der Waals surface area contributed by atoms with Crippen molar-refractivity contribution in [2.75, 3.05) is 52.4 Å². The number of benzene rings is 1. The van der Waals surface area contributed by atoms with Gasteiger partial charge in [0.1, 0.15) is 0 Å². The summed E-state index contributed by atoms with van der Waals surface area (Å²) in [6.07, 6.45) is 5.28. The Hall–Kier alpha value is -0.940. The van der Waals surface area contributed by atoms with E-state index in [1.807, 2.05) is 0 Å². The Morgan fingerprint density at radius 1 is 0.846 bits per heavy atom. The minimum atomic E-state index is 0.363. The predicted octanol–water partition coefficient (Wildman–Crippen LogP) is 2.29. The summed E-state index contributed by atoms with van der Waals surface area (Å²) in [6.45, 7) is 9.91. The molecule has 4 heteroatoms.